The first-order valence-corrected chi connectivity index (χ1v) is 9.92. The minimum absolute atomic E-state index is 0.0253. The number of nitrogens with one attached hydrogen (secondary N) is 1. The van der Waals surface area contributed by atoms with Crippen molar-refractivity contribution in [2.75, 3.05) is 20.7 Å². The largest absolute Gasteiger partial charge is 0.497 e. The molecule has 7 heteroatoms. The van der Waals surface area contributed by atoms with Crippen molar-refractivity contribution in [2.45, 2.75) is 36.8 Å². The third kappa shape index (κ3) is 2.47. The van der Waals surface area contributed by atoms with Gasteiger partial charge in [-0.15, -0.1) is 10.2 Å². The molecule has 3 atom stereocenters. The second-order valence-corrected chi connectivity index (χ2v) is 8.39. The maximum atomic E-state index is 12.4. The molecular weight excluding hydrogens is 366 g/mol. The van der Waals surface area contributed by atoms with Crippen molar-refractivity contribution in [1.82, 2.24) is 25.5 Å². The van der Waals surface area contributed by atoms with Crippen LogP contribution in [0.2, 0.25) is 0 Å². The number of nitrogens with zero attached hydrogens (tertiary/aromatic N) is 4. The maximum Gasteiger partial charge on any atom is 0.204 e. The normalized spacial score (nSPS) is 28.8. The molecule has 2 bridgehead atoms. The Kier molecular flexibility index (Phi) is 4.01. The first-order chi connectivity index (χ1) is 14.0. The van der Waals surface area contributed by atoms with Crippen molar-refractivity contribution < 1.29 is 9.84 Å². The van der Waals surface area contributed by atoms with E-state index in [1.807, 2.05) is 30.3 Å². The van der Waals surface area contributed by atoms with Gasteiger partial charge in [-0.05, 0) is 66.5 Å². The quantitative estimate of drug-likeness (QED) is 0.712. The van der Waals surface area contributed by atoms with E-state index in [0.717, 1.165) is 36.3 Å². The number of H-pyrrole nitrogens is 1. The van der Waals surface area contributed by atoms with E-state index in [2.05, 4.69) is 51.6 Å². The predicted molar refractivity (Wildman–Crippen MR) is 109 cm³/mol. The molecule has 0 radical (unpaired) electrons. The smallest absolute Gasteiger partial charge is 0.204 e. The lowest BCUT2D eigenvalue weighted by Gasteiger charge is -2.60. The van der Waals surface area contributed by atoms with Gasteiger partial charge in [0.25, 0.3) is 0 Å². The number of fused-ring (bicyclic) bond motifs is 4. The Bertz CT molecular complexity index is 1050. The monoisotopic (exact) mass is 391 g/mol. The van der Waals surface area contributed by atoms with Crippen LogP contribution in [-0.2, 0) is 17.4 Å². The van der Waals surface area contributed by atoms with Gasteiger partial charge in [0.2, 0.25) is 5.82 Å². The number of benzene rings is 2. The molecule has 2 N–H and O–H groups in total. The number of rotatable bonds is 3. The number of likely N-dealkylation sites (N-methyl/N-ethyl adjacent to an activating group) is 1. The molecule has 3 aromatic rings. The molecule has 1 fully saturated rings. The molecule has 0 spiro atoms. The predicted octanol–water partition coefficient (Wildman–Crippen LogP) is 2.28. The molecule has 5 rings (SSSR count). The zero-order valence-corrected chi connectivity index (χ0v) is 16.9. The van der Waals surface area contributed by atoms with Crippen LogP contribution in [0.3, 0.4) is 0 Å². The van der Waals surface area contributed by atoms with Gasteiger partial charge in [0.05, 0.1) is 7.11 Å². The molecule has 0 amide bonds. The van der Waals surface area contributed by atoms with Gasteiger partial charge in [0, 0.05) is 17.0 Å². The Labute approximate surface area is 169 Å². The highest BCUT2D eigenvalue weighted by Gasteiger charge is 2.60. The van der Waals surface area contributed by atoms with Gasteiger partial charge >= 0.3 is 0 Å². The minimum atomic E-state index is -1.06. The third-order valence-corrected chi connectivity index (χ3v) is 7.05. The highest BCUT2D eigenvalue weighted by molar-refractivity contribution is 5.58. The molecule has 7 nitrogen and oxygen atoms in total. The lowest BCUT2D eigenvalue weighted by molar-refractivity contribution is -0.141. The van der Waals surface area contributed by atoms with E-state index in [1.54, 1.807) is 7.11 Å². The van der Waals surface area contributed by atoms with Crippen LogP contribution in [0.4, 0.5) is 0 Å². The zero-order valence-electron chi connectivity index (χ0n) is 16.9. The van der Waals surface area contributed by atoms with Gasteiger partial charge in [-0.3, -0.25) is 4.90 Å². The lowest BCUT2D eigenvalue weighted by atomic mass is 9.53. The van der Waals surface area contributed by atoms with Crippen LogP contribution in [0.1, 0.15) is 30.0 Å². The Hall–Kier alpha value is -2.77. The second-order valence-electron chi connectivity index (χ2n) is 8.39. The topological polar surface area (TPSA) is 87.2 Å². The fourth-order valence-electron chi connectivity index (χ4n) is 5.35. The molecule has 2 heterocycles. The summed E-state index contributed by atoms with van der Waals surface area (Å²) in [6.45, 7) is 3.12. The van der Waals surface area contributed by atoms with Crippen molar-refractivity contribution in [1.29, 1.82) is 0 Å². The summed E-state index contributed by atoms with van der Waals surface area (Å²) in [7, 11) is 3.79. The van der Waals surface area contributed by atoms with Crippen molar-refractivity contribution in [3.63, 3.8) is 0 Å². The summed E-state index contributed by atoms with van der Waals surface area (Å²) in [5, 5.41) is 26.8. The van der Waals surface area contributed by atoms with Crippen LogP contribution in [0.15, 0.2) is 42.5 Å². The van der Waals surface area contributed by atoms with E-state index in [4.69, 9.17) is 4.74 Å². The second kappa shape index (κ2) is 6.37. The number of piperidine rings is 1. The molecule has 0 saturated carbocycles. The fourth-order valence-corrected chi connectivity index (χ4v) is 5.35. The first kappa shape index (κ1) is 18.3. The number of aromatic amines is 1. The van der Waals surface area contributed by atoms with E-state index in [-0.39, 0.29) is 6.04 Å². The standard InChI is InChI=1S/C22H25N5O2/c1-21-9-10-27(2)19(12-14-7-8-17(29-3)13-18(14)21)22(21,28)16-6-4-5-15(11-16)20-23-25-26-24-20/h4-8,11,13,19,28H,9-10,12H2,1-3H3,(H,23,24,25,26)/t19?,21-,22-/m0/s1. The van der Waals surface area contributed by atoms with Gasteiger partial charge in [0.1, 0.15) is 11.4 Å². The number of ether oxygens (including phenoxy) is 1. The van der Waals surface area contributed by atoms with Crippen LogP contribution in [0.5, 0.6) is 5.75 Å². The summed E-state index contributed by atoms with van der Waals surface area (Å²) in [5.74, 6) is 1.35. The first-order valence-electron chi connectivity index (χ1n) is 9.92. The fraction of sp³-hybridized carbons (Fsp3) is 0.409. The summed E-state index contributed by atoms with van der Waals surface area (Å²) in [6, 6.07) is 14.2. The van der Waals surface area contributed by atoms with Crippen molar-refractivity contribution in [3.8, 4) is 17.1 Å². The molecule has 150 valence electrons. The molecule has 29 heavy (non-hydrogen) atoms. The molecule has 1 unspecified atom stereocenters. The number of aliphatic hydroxyl groups is 1. The SMILES string of the molecule is COc1ccc2c(c1)[C@]1(C)CCN(C)C(C2)[C@@]1(O)c1cccc(-c2nn[nH]n2)c1. The summed E-state index contributed by atoms with van der Waals surface area (Å²) in [5.41, 5.74) is 2.68. The molecule has 1 aliphatic heterocycles. The summed E-state index contributed by atoms with van der Waals surface area (Å²) in [4.78, 5) is 2.29. The van der Waals surface area contributed by atoms with Crippen LogP contribution in [0, 0.1) is 0 Å². The Balaban J connectivity index is 1.71. The summed E-state index contributed by atoms with van der Waals surface area (Å²) < 4.78 is 5.51. The minimum Gasteiger partial charge on any atom is -0.497 e. The van der Waals surface area contributed by atoms with Crippen LogP contribution in [0.25, 0.3) is 11.4 Å². The summed E-state index contributed by atoms with van der Waals surface area (Å²) >= 11 is 0. The van der Waals surface area contributed by atoms with Crippen LogP contribution >= 0.6 is 0 Å². The highest BCUT2D eigenvalue weighted by Crippen LogP contribution is 2.56. The zero-order chi connectivity index (χ0) is 20.2. The van der Waals surface area contributed by atoms with Crippen molar-refractivity contribution in [3.05, 3.63) is 59.2 Å². The number of likely N-dealkylation sites (tertiary alicyclic amines) is 1. The average molecular weight is 391 g/mol. The number of hydrogen-bond donors (Lipinski definition) is 2. The van der Waals surface area contributed by atoms with Gasteiger partial charge in [0.15, 0.2) is 0 Å². The van der Waals surface area contributed by atoms with E-state index in [9.17, 15) is 5.11 Å². The summed E-state index contributed by atoms with van der Waals surface area (Å²) in [6.07, 6.45) is 1.64. The maximum absolute atomic E-state index is 12.4. The van der Waals surface area contributed by atoms with Gasteiger partial charge in [-0.1, -0.05) is 31.2 Å². The van der Waals surface area contributed by atoms with E-state index in [0.29, 0.717) is 5.82 Å². The van der Waals surface area contributed by atoms with Crippen LogP contribution in [-0.4, -0.2) is 57.4 Å². The molecular formula is C22H25N5O2. The van der Waals surface area contributed by atoms with E-state index in [1.165, 1.54) is 11.1 Å². The van der Waals surface area contributed by atoms with Gasteiger partial charge in [-0.25, -0.2) is 0 Å². The van der Waals surface area contributed by atoms with Gasteiger partial charge in [-0.2, -0.15) is 5.21 Å². The van der Waals surface area contributed by atoms with Crippen molar-refractivity contribution in [2.24, 2.45) is 0 Å². The Morgan fingerprint density at radius 2 is 2.10 bits per heavy atom. The Morgan fingerprint density at radius 1 is 1.24 bits per heavy atom. The molecule has 1 saturated heterocycles. The number of hydrogen-bond acceptors (Lipinski definition) is 6. The number of aromatic nitrogens is 4. The van der Waals surface area contributed by atoms with Crippen LogP contribution < -0.4 is 4.74 Å². The van der Waals surface area contributed by atoms with Crippen molar-refractivity contribution >= 4 is 0 Å². The van der Waals surface area contributed by atoms with Gasteiger partial charge < -0.3 is 9.84 Å². The highest BCUT2D eigenvalue weighted by atomic mass is 16.5. The molecule has 1 aromatic heterocycles. The van der Waals surface area contributed by atoms with E-state index >= 15 is 0 Å². The molecule has 2 aromatic carbocycles. The molecule has 2 aliphatic rings. The lowest BCUT2D eigenvalue weighted by Crippen LogP contribution is -2.67. The average Bonchev–Trinajstić information content (AvgIpc) is 3.28. The Morgan fingerprint density at radius 3 is 2.86 bits per heavy atom. The van der Waals surface area contributed by atoms with E-state index < -0.39 is 11.0 Å². The number of methoxy groups -OCH3 is 1. The third-order valence-electron chi connectivity index (χ3n) is 7.05. The molecule has 1 aliphatic carbocycles. The number of tetrazole rings is 1.